The number of nitrogens with one attached hydrogen (secondary N) is 2. The van der Waals surface area contributed by atoms with E-state index in [9.17, 15) is 9.59 Å². The molecule has 3 aromatic carbocycles. The molecule has 0 spiro atoms. The Morgan fingerprint density at radius 1 is 1.00 bits per heavy atom. The van der Waals surface area contributed by atoms with E-state index in [4.69, 9.17) is 9.73 Å². The lowest BCUT2D eigenvalue weighted by atomic mass is 9.93. The van der Waals surface area contributed by atoms with Crippen molar-refractivity contribution in [1.29, 1.82) is 0 Å². The van der Waals surface area contributed by atoms with Gasteiger partial charge in [-0.05, 0) is 73.5 Å². The number of carbonyl (C=O) groups is 2. The van der Waals surface area contributed by atoms with Crippen molar-refractivity contribution in [2.75, 3.05) is 30.0 Å². The number of benzene rings is 3. The summed E-state index contributed by atoms with van der Waals surface area (Å²) in [6, 6.07) is 21.9. The lowest BCUT2D eigenvalue weighted by molar-refractivity contribution is -0.113. The average molecular weight is 592 g/mol. The second-order valence-corrected chi connectivity index (χ2v) is 10.9. The molecule has 2 heterocycles. The molecule has 2 amide bonds. The first kappa shape index (κ1) is 26.1. The highest BCUT2D eigenvalue weighted by Gasteiger charge is 2.37. The van der Waals surface area contributed by atoms with Crippen LogP contribution in [0, 0.1) is 0 Å². The summed E-state index contributed by atoms with van der Waals surface area (Å²) in [4.78, 5) is 33.3. The first-order chi connectivity index (χ1) is 18.4. The fraction of sp³-hybridized carbons (Fsp3) is 0.207. The number of thioether (sulfide) groups is 1. The van der Waals surface area contributed by atoms with E-state index >= 15 is 0 Å². The highest BCUT2D eigenvalue weighted by Crippen LogP contribution is 2.40. The van der Waals surface area contributed by atoms with Crippen molar-refractivity contribution >= 4 is 56.0 Å². The summed E-state index contributed by atoms with van der Waals surface area (Å²) in [5.41, 5.74) is 4.20. The van der Waals surface area contributed by atoms with Crippen LogP contribution in [0.15, 0.2) is 93.5 Å². The lowest BCUT2D eigenvalue weighted by Crippen LogP contribution is -2.43. The summed E-state index contributed by atoms with van der Waals surface area (Å²) in [6.07, 6.45) is 1.01. The first-order valence-corrected chi connectivity index (χ1v) is 14.0. The Bertz CT molecular complexity index is 1420. The molecule has 2 aliphatic heterocycles. The van der Waals surface area contributed by atoms with Crippen LogP contribution >= 0.6 is 27.7 Å². The maximum Gasteiger partial charge on any atom is 0.255 e. The minimum absolute atomic E-state index is 0.186. The second-order valence-electron chi connectivity index (χ2n) is 8.96. The van der Waals surface area contributed by atoms with Crippen LogP contribution in [0.4, 0.5) is 11.4 Å². The van der Waals surface area contributed by atoms with Gasteiger partial charge in [-0.3, -0.25) is 9.59 Å². The summed E-state index contributed by atoms with van der Waals surface area (Å²) in [7, 11) is 1.61. The van der Waals surface area contributed by atoms with E-state index in [1.807, 2.05) is 67.6 Å². The van der Waals surface area contributed by atoms with E-state index in [-0.39, 0.29) is 17.9 Å². The van der Waals surface area contributed by atoms with E-state index in [1.54, 1.807) is 31.0 Å². The molecule has 0 bridgehead atoms. The molecule has 2 aliphatic rings. The molecule has 9 heteroatoms. The molecule has 1 fully saturated rings. The summed E-state index contributed by atoms with van der Waals surface area (Å²) in [5, 5.41) is 6.92. The van der Waals surface area contributed by atoms with Crippen molar-refractivity contribution in [3.63, 3.8) is 0 Å². The molecular formula is C29H27BrN4O3S. The fourth-order valence-corrected chi connectivity index (χ4v) is 5.98. The highest BCUT2D eigenvalue weighted by molar-refractivity contribution is 9.10. The molecule has 1 atom stereocenters. The fourth-order valence-electron chi connectivity index (χ4n) is 4.56. The van der Waals surface area contributed by atoms with Gasteiger partial charge in [0.1, 0.15) is 5.75 Å². The zero-order valence-electron chi connectivity index (χ0n) is 21.0. The van der Waals surface area contributed by atoms with Gasteiger partial charge in [0.2, 0.25) is 0 Å². The van der Waals surface area contributed by atoms with Crippen molar-refractivity contribution in [2.45, 2.75) is 19.4 Å². The van der Waals surface area contributed by atoms with Crippen LogP contribution in [0.1, 0.15) is 35.3 Å². The Kier molecular flexibility index (Phi) is 7.85. The van der Waals surface area contributed by atoms with Gasteiger partial charge in [-0.15, -0.1) is 0 Å². The van der Waals surface area contributed by atoms with E-state index in [0.717, 1.165) is 39.7 Å². The number of fused-ring (bicyclic) bond motifs is 1. The maximum absolute atomic E-state index is 13.6. The molecule has 38 heavy (non-hydrogen) atoms. The number of anilines is 2. The van der Waals surface area contributed by atoms with Crippen molar-refractivity contribution in [2.24, 2.45) is 4.99 Å². The first-order valence-electron chi connectivity index (χ1n) is 12.2. The highest BCUT2D eigenvalue weighted by atomic mass is 79.9. The number of aliphatic imine (C=N–C) groups is 1. The van der Waals surface area contributed by atoms with Crippen LogP contribution in [0.2, 0.25) is 0 Å². The maximum atomic E-state index is 13.6. The Balaban J connectivity index is 1.42. The van der Waals surface area contributed by atoms with E-state index in [0.29, 0.717) is 28.2 Å². The summed E-state index contributed by atoms with van der Waals surface area (Å²) >= 11 is 5.12. The SMILES string of the molecule is COc1ccc(NC(=O)C2=C(C)N=C3SCCCN3C2c2ccc(NC(=O)c3cccc(Br)c3)cc2)cc1. The normalized spacial score (nSPS) is 16.9. The molecule has 0 radical (unpaired) electrons. The Labute approximate surface area is 234 Å². The molecule has 0 aliphatic carbocycles. The molecule has 0 aromatic heterocycles. The predicted octanol–water partition coefficient (Wildman–Crippen LogP) is 6.47. The average Bonchev–Trinajstić information content (AvgIpc) is 2.93. The summed E-state index contributed by atoms with van der Waals surface area (Å²) in [6.45, 7) is 2.70. The van der Waals surface area contributed by atoms with Crippen LogP contribution in [-0.4, -0.2) is 41.3 Å². The van der Waals surface area contributed by atoms with E-state index in [1.165, 1.54) is 0 Å². The lowest BCUT2D eigenvalue weighted by Gasteiger charge is -2.41. The monoisotopic (exact) mass is 590 g/mol. The number of hydrogen-bond donors (Lipinski definition) is 2. The van der Waals surface area contributed by atoms with Gasteiger partial charge in [-0.25, -0.2) is 4.99 Å². The zero-order valence-corrected chi connectivity index (χ0v) is 23.4. The third-order valence-electron chi connectivity index (χ3n) is 6.42. The van der Waals surface area contributed by atoms with Crippen LogP contribution in [-0.2, 0) is 4.79 Å². The van der Waals surface area contributed by atoms with Crippen molar-refractivity contribution < 1.29 is 14.3 Å². The van der Waals surface area contributed by atoms with Gasteiger partial charge < -0.3 is 20.3 Å². The standard InChI is InChI=1S/C29H27BrN4O3S/c1-18-25(28(36)33-23-11-13-24(37-2)14-12-23)26(34-15-4-16-38-29(34)31-18)19-7-9-22(10-8-19)32-27(35)20-5-3-6-21(30)17-20/h3,5-14,17,26H,4,15-16H2,1-2H3,(H,32,35)(H,33,36). The van der Waals surface area contributed by atoms with Crippen LogP contribution < -0.4 is 15.4 Å². The summed E-state index contributed by atoms with van der Waals surface area (Å²) in [5.74, 6) is 1.35. The van der Waals surface area contributed by atoms with Gasteiger partial charge in [-0.1, -0.05) is 45.9 Å². The number of hydrogen-bond acceptors (Lipinski definition) is 6. The minimum atomic E-state index is -0.289. The van der Waals surface area contributed by atoms with Gasteiger partial charge in [0.05, 0.1) is 24.4 Å². The second kappa shape index (κ2) is 11.4. The molecule has 7 nitrogen and oxygen atoms in total. The van der Waals surface area contributed by atoms with Crippen LogP contribution in [0.5, 0.6) is 5.75 Å². The molecule has 3 aromatic rings. The molecule has 1 unspecified atom stereocenters. The third kappa shape index (κ3) is 5.63. The largest absolute Gasteiger partial charge is 0.497 e. The smallest absolute Gasteiger partial charge is 0.255 e. The third-order valence-corrected chi connectivity index (χ3v) is 7.99. The van der Waals surface area contributed by atoms with Gasteiger partial charge in [-0.2, -0.15) is 0 Å². The molecule has 1 saturated heterocycles. The Hall–Kier alpha value is -3.56. The predicted molar refractivity (Wildman–Crippen MR) is 157 cm³/mol. The Morgan fingerprint density at radius 2 is 1.68 bits per heavy atom. The number of halogens is 1. The van der Waals surface area contributed by atoms with Gasteiger partial charge in [0.15, 0.2) is 5.17 Å². The number of allylic oxidation sites excluding steroid dienone is 1. The number of amides is 2. The number of amidine groups is 1. The topological polar surface area (TPSA) is 83.0 Å². The number of carbonyl (C=O) groups excluding carboxylic acids is 2. The number of ether oxygens (including phenoxy) is 1. The minimum Gasteiger partial charge on any atom is -0.497 e. The van der Waals surface area contributed by atoms with Crippen molar-refractivity contribution in [3.05, 3.63) is 99.7 Å². The van der Waals surface area contributed by atoms with Gasteiger partial charge in [0, 0.05) is 33.7 Å². The zero-order chi connectivity index (χ0) is 26.6. The quantitative estimate of drug-likeness (QED) is 0.343. The molecule has 5 rings (SSSR count). The van der Waals surface area contributed by atoms with Gasteiger partial charge >= 0.3 is 0 Å². The van der Waals surface area contributed by atoms with E-state index in [2.05, 4.69) is 31.5 Å². The van der Waals surface area contributed by atoms with Crippen LogP contribution in [0.3, 0.4) is 0 Å². The molecule has 194 valence electrons. The number of rotatable bonds is 6. The van der Waals surface area contributed by atoms with Crippen molar-refractivity contribution in [1.82, 2.24) is 4.90 Å². The molecule has 0 saturated carbocycles. The molecular weight excluding hydrogens is 564 g/mol. The van der Waals surface area contributed by atoms with Gasteiger partial charge in [0.25, 0.3) is 11.8 Å². The number of nitrogens with zero attached hydrogens (tertiary/aromatic N) is 2. The number of methoxy groups -OCH3 is 1. The Morgan fingerprint density at radius 3 is 2.37 bits per heavy atom. The van der Waals surface area contributed by atoms with Crippen LogP contribution in [0.25, 0.3) is 0 Å². The molecule has 2 N–H and O–H groups in total. The van der Waals surface area contributed by atoms with Crippen molar-refractivity contribution in [3.8, 4) is 5.75 Å². The summed E-state index contributed by atoms with van der Waals surface area (Å²) < 4.78 is 6.07. The van der Waals surface area contributed by atoms with E-state index < -0.39 is 0 Å².